The lowest BCUT2D eigenvalue weighted by molar-refractivity contribution is 0.204. The Labute approximate surface area is 103 Å². The zero-order valence-electron chi connectivity index (χ0n) is 8.42. The molecule has 82 valence electrons. The summed E-state index contributed by atoms with van der Waals surface area (Å²) in [6.07, 6.45) is 0. The van der Waals surface area contributed by atoms with Crippen LogP contribution in [-0.2, 0) is 4.74 Å². The minimum atomic E-state index is 0.602. The largest absolute Gasteiger partial charge is 0.383 e. The van der Waals surface area contributed by atoms with Crippen molar-refractivity contribution in [2.75, 3.05) is 25.6 Å². The molecule has 0 fully saturated rings. The van der Waals surface area contributed by atoms with Crippen LogP contribution in [0.5, 0.6) is 0 Å². The van der Waals surface area contributed by atoms with Crippen molar-refractivity contribution < 1.29 is 4.74 Å². The Morgan fingerprint density at radius 3 is 3.00 bits per heavy atom. The van der Waals surface area contributed by atoms with Crippen molar-refractivity contribution >= 4 is 38.9 Å². The number of rotatable bonds is 4. The molecule has 0 aliphatic heterocycles. The van der Waals surface area contributed by atoms with Gasteiger partial charge in [0, 0.05) is 23.8 Å². The van der Waals surface area contributed by atoms with E-state index in [9.17, 15) is 0 Å². The maximum absolute atomic E-state index is 5.10. The van der Waals surface area contributed by atoms with Crippen molar-refractivity contribution in [3.05, 3.63) is 28.7 Å². The smallest absolute Gasteiger partial charge is 0.170 e. The summed E-state index contributed by atoms with van der Waals surface area (Å²) in [6, 6.07) is 7.83. The van der Waals surface area contributed by atoms with Crippen LogP contribution < -0.4 is 10.6 Å². The monoisotopic (exact) mass is 288 g/mol. The molecule has 0 aromatic heterocycles. The van der Waals surface area contributed by atoms with Crippen molar-refractivity contribution in [1.82, 2.24) is 5.32 Å². The van der Waals surface area contributed by atoms with Crippen molar-refractivity contribution in [3.8, 4) is 0 Å². The number of benzene rings is 1. The van der Waals surface area contributed by atoms with Gasteiger partial charge in [-0.1, -0.05) is 22.0 Å². The molecule has 0 heterocycles. The summed E-state index contributed by atoms with van der Waals surface area (Å²) < 4.78 is 5.92. The molecule has 0 aliphatic rings. The number of hydrogen-bond donors (Lipinski definition) is 2. The predicted octanol–water partition coefficient (Wildman–Crippen LogP) is 2.38. The standard InChI is InChI=1S/C10H13BrN2OS/c1-14-6-5-12-10(15)13-9-4-2-3-8(11)7-9/h2-4,7H,5-6H2,1H3,(H2,12,13,15). The SMILES string of the molecule is COCCNC(=S)Nc1cccc(Br)c1. The highest BCUT2D eigenvalue weighted by molar-refractivity contribution is 9.10. The molecule has 1 aromatic rings. The fraction of sp³-hybridized carbons (Fsp3) is 0.300. The summed E-state index contributed by atoms with van der Waals surface area (Å²) in [6.45, 7) is 1.34. The van der Waals surface area contributed by atoms with Gasteiger partial charge in [-0.15, -0.1) is 0 Å². The third-order valence-corrected chi connectivity index (χ3v) is 2.41. The summed E-state index contributed by atoms with van der Waals surface area (Å²) in [5, 5.41) is 6.71. The number of halogens is 1. The van der Waals surface area contributed by atoms with Gasteiger partial charge in [0.05, 0.1) is 6.61 Å². The molecule has 0 amide bonds. The van der Waals surface area contributed by atoms with Gasteiger partial charge in [0.2, 0.25) is 0 Å². The van der Waals surface area contributed by atoms with E-state index >= 15 is 0 Å². The molecule has 0 unspecified atom stereocenters. The van der Waals surface area contributed by atoms with Gasteiger partial charge in [0.25, 0.3) is 0 Å². The molecule has 0 spiro atoms. The molecule has 15 heavy (non-hydrogen) atoms. The molecule has 0 aliphatic carbocycles. The van der Waals surface area contributed by atoms with Crippen molar-refractivity contribution in [1.29, 1.82) is 0 Å². The number of thiocarbonyl (C=S) groups is 1. The second kappa shape index (κ2) is 6.76. The number of ether oxygens (including phenoxy) is 1. The van der Waals surface area contributed by atoms with Crippen LogP contribution in [-0.4, -0.2) is 25.4 Å². The van der Waals surface area contributed by atoms with E-state index in [0.29, 0.717) is 18.3 Å². The van der Waals surface area contributed by atoms with Crippen LogP contribution in [0.15, 0.2) is 28.7 Å². The number of anilines is 1. The first kappa shape index (κ1) is 12.4. The fourth-order valence-corrected chi connectivity index (χ4v) is 1.63. The Kier molecular flexibility index (Phi) is 5.60. The van der Waals surface area contributed by atoms with Gasteiger partial charge in [-0.25, -0.2) is 0 Å². The first-order valence-electron chi connectivity index (χ1n) is 4.51. The lowest BCUT2D eigenvalue weighted by atomic mass is 10.3. The van der Waals surface area contributed by atoms with Crippen LogP contribution in [0.1, 0.15) is 0 Å². The molecule has 3 nitrogen and oxygen atoms in total. The van der Waals surface area contributed by atoms with Crippen LogP contribution in [0.3, 0.4) is 0 Å². The third-order valence-electron chi connectivity index (χ3n) is 1.67. The summed E-state index contributed by atoms with van der Waals surface area (Å²) in [5.74, 6) is 0. The zero-order valence-corrected chi connectivity index (χ0v) is 10.8. The van der Waals surface area contributed by atoms with E-state index in [1.807, 2.05) is 24.3 Å². The van der Waals surface area contributed by atoms with E-state index in [1.165, 1.54) is 0 Å². The number of hydrogen-bond acceptors (Lipinski definition) is 2. The number of nitrogens with one attached hydrogen (secondary N) is 2. The Balaban J connectivity index is 2.37. The molecule has 1 aromatic carbocycles. The van der Waals surface area contributed by atoms with Gasteiger partial charge in [0.15, 0.2) is 5.11 Å². The third kappa shape index (κ3) is 5.11. The van der Waals surface area contributed by atoms with Crippen LogP contribution in [0, 0.1) is 0 Å². The van der Waals surface area contributed by atoms with Gasteiger partial charge >= 0.3 is 0 Å². The van der Waals surface area contributed by atoms with Gasteiger partial charge in [-0.2, -0.15) is 0 Å². The predicted molar refractivity (Wildman–Crippen MR) is 70.2 cm³/mol. The van der Waals surface area contributed by atoms with E-state index in [-0.39, 0.29) is 0 Å². The second-order valence-electron chi connectivity index (χ2n) is 2.88. The lowest BCUT2D eigenvalue weighted by Crippen LogP contribution is -2.31. The van der Waals surface area contributed by atoms with E-state index in [4.69, 9.17) is 17.0 Å². The molecule has 0 atom stereocenters. The molecule has 5 heteroatoms. The molecule has 0 saturated heterocycles. The maximum atomic E-state index is 5.10. The normalized spacial score (nSPS) is 9.73. The average Bonchev–Trinajstić information content (AvgIpc) is 2.18. The minimum Gasteiger partial charge on any atom is -0.383 e. The van der Waals surface area contributed by atoms with Gasteiger partial charge in [0.1, 0.15) is 0 Å². The average molecular weight is 289 g/mol. The highest BCUT2D eigenvalue weighted by Gasteiger charge is 1.96. The Bertz CT molecular complexity index is 333. The Morgan fingerprint density at radius 2 is 2.33 bits per heavy atom. The highest BCUT2D eigenvalue weighted by Crippen LogP contribution is 2.15. The van der Waals surface area contributed by atoms with E-state index in [1.54, 1.807) is 7.11 Å². The fourth-order valence-electron chi connectivity index (χ4n) is 1.01. The number of methoxy groups -OCH3 is 1. The molecule has 0 bridgehead atoms. The second-order valence-corrected chi connectivity index (χ2v) is 4.21. The van der Waals surface area contributed by atoms with Crippen molar-refractivity contribution in [2.45, 2.75) is 0 Å². The quantitative estimate of drug-likeness (QED) is 0.658. The summed E-state index contributed by atoms with van der Waals surface area (Å²) in [5.41, 5.74) is 0.958. The minimum absolute atomic E-state index is 0.602. The van der Waals surface area contributed by atoms with E-state index in [2.05, 4.69) is 26.6 Å². The van der Waals surface area contributed by atoms with Crippen molar-refractivity contribution in [2.24, 2.45) is 0 Å². The topological polar surface area (TPSA) is 33.3 Å². The molecular formula is C10H13BrN2OS. The van der Waals surface area contributed by atoms with Crippen LogP contribution >= 0.6 is 28.1 Å². The maximum Gasteiger partial charge on any atom is 0.170 e. The van der Waals surface area contributed by atoms with Crippen LogP contribution in [0.2, 0.25) is 0 Å². The highest BCUT2D eigenvalue weighted by atomic mass is 79.9. The summed E-state index contributed by atoms with van der Waals surface area (Å²) >= 11 is 8.49. The van der Waals surface area contributed by atoms with Gasteiger partial charge in [-0.3, -0.25) is 0 Å². The first-order chi connectivity index (χ1) is 7.22. The zero-order chi connectivity index (χ0) is 11.1. The van der Waals surface area contributed by atoms with Crippen LogP contribution in [0.4, 0.5) is 5.69 Å². The van der Waals surface area contributed by atoms with Gasteiger partial charge in [-0.05, 0) is 30.4 Å². The van der Waals surface area contributed by atoms with Crippen molar-refractivity contribution in [3.63, 3.8) is 0 Å². The lowest BCUT2D eigenvalue weighted by Gasteiger charge is -2.09. The summed E-state index contributed by atoms with van der Waals surface area (Å²) in [4.78, 5) is 0. The van der Waals surface area contributed by atoms with Gasteiger partial charge < -0.3 is 15.4 Å². The van der Waals surface area contributed by atoms with E-state index in [0.717, 1.165) is 10.2 Å². The Morgan fingerprint density at radius 1 is 1.53 bits per heavy atom. The van der Waals surface area contributed by atoms with E-state index < -0.39 is 0 Å². The Hall–Kier alpha value is -0.650. The molecule has 2 N–H and O–H groups in total. The molecule has 0 saturated carbocycles. The molecular weight excluding hydrogens is 276 g/mol. The van der Waals surface area contributed by atoms with Crippen LogP contribution in [0.25, 0.3) is 0 Å². The molecule has 1 rings (SSSR count). The first-order valence-corrected chi connectivity index (χ1v) is 5.72. The molecule has 0 radical (unpaired) electrons. The summed E-state index contributed by atoms with van der Waals surface area (Å²) in [7, 11) is 1.66.